The fraction of sp³-hybridized carbons (Fsp3) is 0.0870. The molecule has 0 saturated carbocycles. The molecule has 1 amide bonds. The van der Waals surface area contributed by atoms with Crippen molar-refractivity contribution < 1.29 is 17.7 Å². The van der Waals surface area contributed by atoms with Crippen molar-refractivity contribution in [1.29, 1.82) is 0 Å². The summed E-state index contributed by atoms with van der Waals surface area (Å²) in [4.78, 5) is 16.9. The summed E-state index contributed by atoms with van der Waals surface area (Å²) in [5.41, 5.74) is 1.53. The van der Waals surface area contributed by atoms with Gasteiger partial charge in [-0.25, -0.2) is 8.42 Å². The molecular formula is C23H20N4O4S. The van der Waals surface area contributed by atoms with Crippen LogP contribution in [0.2, 0.25) is 0 Å². The number of amides is 1. The van der Waals surface area contributed by atoms with Gasteiger partial charge in [0.2, 0.25) is 11.7 Å². The highest BCUT2D eigenvalue weighted by molar-refractivity contribution is 7.92. The van der Waals surface area contributed by atoms with Crippen LogP contribution in [0.5, 0.6) is 0 Å². The molecule has 0 bridgehead atoms. The SMILES string of the molecule is CN(c1ccccc1)S(=O)(=O)c1cccc(C(=O)NCc2nc(-c3ccccc3)no2)c1. The molecule has 162 valence electrons. The highest BCUT2D eigenvalue weighted by Crippen LogP contribution is 2.22. The Bertz CT molecular complexity index is 1320. The van der Waals surface area contributed by atoms with Crippen LogP contribution in [0.25, 0.3) is 11.4 Å². The summed E-state index contributed by atoms with van der Waals surface area (Å²) in [6.45, 7) is 0.0135. The number of hydrogen-bond donors (Lipinski definition) is 1. The van der Waals surface area contributed by atoms with Crippen molar-refractivity contribution in [2.24, 2.45) is 0 Å². The van der Waals surface area contributed by atoms with E-state index in [1.54, 1.807) is 36.4 Å². The third kappa shape index (κ3) is 4.52. The minimum atomic E-state index is -3.83. The number of hydrogen-bond acceptors (Lipinski definition) is 6. The van der Waals surface area contributed by atoms with Gasteiger partial charge >= 0.3 is 0 Å². The van der Waals surface area contributed by atoms with Crippen molar-refractivity contribution in [3.05, 3.63) is 96.4 Å². The van der Waals surface area contributed by atoms with Crippen LogP contribution in [-0.2, 0) is 16.6 Å². The quantitative estimate of drug-likeness (QED) is 0.464. The summed E-state index contributed by atoms with van der Waals surface area (Å²) >= 11 is 0. The summed E-state index contributed by atoms with van der Waals surface area (Å²) < 4.78 is 32.3. The van der Waals surface area contributed by atoms with Crippen molar-refractivity contribution in [1.82, 2.24) is 15.5 Å². The Morgan fingerprint density at radius 3 is 2.38 bits per heavy atom. The lowest BCUT2D eigenvalue weighted by Gasteiger charge is -2.19. The highest BCUT2D eigenvalue weighted by atomic mass is 32.2. The molecule has 0 radical (unpaired) electrons. The number of nitrogens with zero attached hydrogens (tertiary/aromatic N) is 3. The summed E-state index contributed by atoms with van der Waals surface area (Å²) in [6, 6.07) is 23.9. The fourth-order valence-electron chi connectivity index (χ4n) is 3.02. The third-order valence-electron chi connectivity index (χ3n) is 4.77. The lowest BCUT2D eigenvalue weighted by Crippen LogP contribution is -2.27. The van der Waals surface area contributed by atoms with Gasteiger partial charge in [0, 0.05) is 18.2 Å². The molecular weight excluding hydrogens is 428 g/mol. The number of sulfonamides is 1. The van der Waals surface area contributed by atoms with Crippen molar-refractivity contribution in [2.75, 3.05) is 11.4 Å². The topological polar surface area (TPSA) is 105 Å². The van der Waals surface area contributed by atoms with Gasteiger partial charge in [0.25, 0.3) is 15.9 Å². The van der Waals surface area contributed by atoms with Crippen molar-refractivity contribution in [2.45, 2.75) is 11.4 Å². The number of benzene rings is 3. The molecule has 3 aromatic carbocycles. The zero-order chi connectivity index (χ0) is 22.6. The molecule has 1 heterocycles. The minimum absolute atomic E-state index is 0.0135. The molecule has 1 aromatic heterocycles. The van der Waals surface area contributed by atoms with E-state index in [4.69, 9.17) is 4.52 Å². The number of para-hydroxylation sites is 1. The number of carbonyl (C=O) groups excluding carboxylic acids is 1. The molecule has 4 rings (SSSR count). The van der Waals surface area contributed by atoms with E-state index in [1.807, 2.05) is 30.3 Å². The van der Waals surface area contributed by atoms with Gasteiger partial charge in [-0.3, -0.25) is 9.10 Å². The smallest absolute Gasteiger partial charge is 0.264 e. The van der Waals surface area contributed by atoms with E-state index in [1.165, 1.54) is 29.6 Å². The Balaban J connectivity index is 1.46. The van der Waals surface area contributed by atoms with Gasteiger partial charge in [-0.05, 0) is 30.3 Å². The Kier molecular flexibility index (Phi) is 6.00. The van der Waals surface area contributed by atoms with E-state index >= 15 is 0 Å². The van der Waals surface area contributed by atoms with Gasteiger partial charge in [-0.15, -0.1) is 0 Å². The van der Waals surface area contributed by atoms with Gasteiger partial charge in [-0.1, -0.05) is 59.8 Å². The van der Waals surface area contributed by atoms with E-state index in [-0.39, 0.29) is 22.9 Å². The molecule has 0 aliphatic heterocycles. The maximum Gasteiger partial charge on any atom is 0.264 e. The largest absolute Gasteiger partial charge is 0.343 e. The number of aromatic nitrogens is 2. The number of nitrogens with one attached hydrogen (secondary N) is 1. The first-order valence-corrected chi connectivity index (χ1v) is 11.2. The van der Waals surface area contributed by atoms with Crippen LogP contribution in [-0.4, -0.2) is 31.5 Å². The van der Waals surface area contributed by atoms with E-state index in [0.29, 0.717) is 11.5 Å². The van der Waals surface area contributed by atoms with Crippen molar-refractivity contribution in [3.8, 4) is 11.4 Å². The predicted molar refractivity (Wildman–Crippen MR) is 119 cm³/mol. The number of rotatable bonds is 7. The van der Waals surface area contributed by atoms with Crippen molar-refractivity contribution in [3.63, 3.8) is 0 Å². The maximum atomic E-state index is 13.0. The second-order valence-corrected chi connectivity index (χ2v) is 8.87. The second kappa shape index (κ2) is 9.03. The zero-order valence-corrected chi connectivity index (χ0v) is 18.0. The van der Waals surface area contributed by atoms with E-state index in [0.717, 1.165) is 5.56 Å². The number of anilines is 1. The van der Waals surface area contributed by atoms with Crippen LogP contribution in [0.1, 0.15) is 16.2 Å². The normalized spacial score (nSPS) is 11.2. The molecule has 9 heteroatoms. The molecule has 8 nitrogen and oxygen atoms in total. The fourth-order valence-corrected chi connectivity index (χ4v) is 4.26. The average Bonchev–Trinajstić information content (AvgIpc) is 3.32. The Morgan fingerprint density at radius 2 is 1.66 bits per heavy atom. The molecule has 32 heavy (non-hydrogen) atoms. The third-order valence-corrected chi connectivity index (χ3v) is 6.56. The molecule has 0 aliphatic rings. The highest BCUT2D eigenvalue weighted by Gasteiger charge is 2.22. The zero-order valence-electron chi connectivity index (χ0n) is 17.2. The van der Waals surface area contributed by atoms with Gasteiger partial charge in [-0.2, -0.15) is 4.98 Å². The molecule has 0 aliphatic carbocycles. The molecule has 1 N–H and O–H groups in total. The second-order valence-electron chi connectivity index (χ2n) is 6.90. The summed E-state index contributed by atoms with van der Waals surface area (Å²) in [7, 11) is -2.36. The predicted octanol–water partition coefficient (Wildman–Crippen LogP) is 3.49. The maximum absolute atomic E-state index is 13.0. The lowest BCUT2D eigenvalue weighted by molar-refractivity contribution is 0.0946. The average molecular weight is 449 g/mol. The van der Waals surface area contributed by atoms with Crippen LogP contribution in [0, 0.1) is 0 Å². The monoisotopic (exact) mass is 448 g/mol. The van der Waals surface area contributed by atoms with Gasteiger partial charge in [0.1, 0.15) is 0 Å². The molecule has 0 fully saturated rings. The van der Waals surface area contributed by atoms with Crippen LogP contribution >= 0.6 is 0 Å². The molecule has 4 aromatic rings. The first-order chi connectivity index (χ1) is 15.4. The standard InChI is InChI=1S/C23H20N4O4S/c1-27(19-12-6-3-7-13-19)32(29,30)20-14-8-11-18(15-20)23(28)24-16-21-25-22(26-31-21)17-9-4-2-5-10-17/h2-15H,16H2,1H3,(H,24,28). The molecule has 0 saturated heterocycles. The first kappa shape index (κ1) is 21.3. The van der Waals surface area contributed by atoms with Crippen LogP contribution in [0.15, 0.2) is 94.3 Å². The minimum Gasteiger partial charge on any atom is -0.343 e. The van der Waals surface area contributed by atoms with E-state index in [9.17, 15) is 13.2 Å². The number of carbonyl (C=O) groups is 1. The van der Waals surface area contributed by atoms with E-state index in [2.05, 4.69) is 15.5 Å². The molecule has 0 spiro atoms. The Morgan fingerprint density at radius 1 is 0.969 bits per heavy atom. The Hall–Kier alpha value is -3.98. The van der Waals surface area contributed by atoms with E-state index < -0.39 is 15.9 Å². The van der Waals surface area contributed by atoms with Gasteiger partial charge < -0.3 is 9.84 Å². The molecule has 0 atom stereocenters. The first-order valence-electron chi connectivity index (χ1n) is 9.75. The van der Waals surface area contributed by atoms with Crippen LogP contribution in [0.4, 0.5) is 5.69 Å². The molecule has 0 unspecified atom stereocenters. The Labute approximate surface area is 185 Å². The lowest BCUT2D eigenvalue weighted by atomic mass is 10.2. The van der Waals surface area contributed by atoms with Crippen LogP contribution < -0.4 is 9.62 Å². The van der Waals surface area contributed by atoms with Crippen molar-refractivity contribution >= 4 is 21.6 Å². The van der Waals surface area contributed by atoms with Gasteiger partial charge in [0.15, 0.2) is 0 Å². The summed E-state index contributed by atoms with van der Waals surface area (Å²) in [5, 5.41) is 6.59. The van der Waals surface area contributed by atoms with Crippen LogP contribution in [0.3, 0.4) is 0 Å². The summed E-state index contributed by atoms with van der Waals surface area (Å²) in [5.74, 6) is 0.209. The summed E-state index contributed by atoms with van der Waals surface area (Å²) in [6.07, 6.45) is 0. The van der Waals surface area contributed by atoms with Gasteiger partial charge in [0.05, 0.1) is 17.1 Å².